The molecule has 20 heavy (non-hydrogen) atoms. The van der Waals surface area contributed by atoms with Crippen molar-refractivity contribution in [2.75, 3.05) is 0 Å². The molecule has 0 saturated heterocycles. The van der Waals surface area contributed by atoms with Crippen LogP contribution in [-0.2, 0) is 0 Å². The van der Waals surface area contributed by atoms with Crippen molar-refractivity contribution < 1.29 is 0 Å². The third-order valence-electron chi connectivity index (χ3n) is 3.31. The first-order valence-corrected chi connectivity index (χ1v) is 7.19. The number of nitrogens with zero attached hydrogens (tertiary/aromatic N) is 1. The number of benzene rings is 1. The molecule has 0 radical (unpaired) electrons. The van der Waals surface area contributed by atoms with Gasteiger partial charge in [0.05, 0.1) is 11.1 Å². The number of thiophene rings is 1. The molecule has 0 unspecified atom stereocenters. The van der Waals surface area contributed by atoms with Crippen molar-refractivity contribution in [1.29, 1.82) is 0 Å². The third-order valence-corrected chi connectivity index (χ3v) is 4.69. The smallest absolute Gasteiger partial charge is 0.298 e. The van der Waals surface area contributed by atoms with Crippen LogP contribution >= 0.6 is 22.9 Å². The van der Waals surface area contributed by atoms with E-state index in [4.69, 9.17) is 11.6 Å². The van der Waals surface area contributed by atoms with Crippen LogP contribution in [0.15, 0.2) is 33.9 Å². The minimum absolute atomic E-state index is 0.298. The summed E-state index contributed by atoms with van der Waals surface area (Å²) in [5.74, 6) is 0. The highest BCUT2D eigenvalue weighted by Gasteiger charge is 2.14. The predicted octanol–water partition coefficient (Wildman–Crippen LogP) is 3.01. The Balaban J connectivity index is 2.42. The Morgan fingerprint density at radius 2 is 1.80 bits per heavy atom. The van der Waals surface area contributed by atoms with Crippen molar-refractivity contribution in [3.63, 3.8) is 0 Å². The zero-order valence-electron chi connectivity index (χ0n) is 10.9. The Morgan fingerprint density at radius 3 is 2.45 bits per heavy atom. The zero-order chi connectivity index (χ0) is 14.4. The number of aryl methyl sites for hydroxylation is 2. The molecule has 0 spiro atoms. The maximum absolute atomic E-state index is 12.6. The topological polar surface area (TPSA) is 54.9 Å². The van der Waals surface area contributed by atoms with E-state index in [2.05, 4.69) is 4.98 Å². The lowest BCUT2D eigenvalue weighted by Gasteiger charge is -2.05. The second-order valence-corrected chi connectivity index (χ2v) is 6.20. The molecule has 102 valence electrons. The number of hydrogen-bond donors (Lipinski definition) is 1. The molecule has 1 N–H and O–H groups in total. The van der Waals surface area contributed by atoms with Crippen molar-refractivity contribution in [1.82, 2.24) is 9.55 Å². The number of rotatable bonds is 1. The minimum atomic E-state index is -0.439. The van der Waals surface area contributed by atoms with E-state index in [0.29, 0.717) is 20.9 Å². The molecule has 0 aliphatic heterocycles. The highest BCUT2D eigenvalue weighted by atomic mass is 35.5. The van der Waals surface area contributed by atoms with E-state index in [1.807, 2.05) is 13.8 Å². The summed E-state index contributed by atoms with van der Waals surface area (Å²) in [4.78, 5) is 29.1. The maximum Gasteiger partial charge on any atom is 0.334 e. The summed E-state index contributed by atoms with van der Waals surface area (Å²) < 4.78 is 1.14. The molecule has 0 bridgehead atoms. The van der Waals surface area contributed by atoms with Gasteiger partial charge in [0.1, 0.15) is 4.83 Å². The lowest BCUT2D eigenvalue weighted by Crippen LogP contribution is -2.33. The summed E-state index contributed by atoms with van der Waals surface area (Å²) in [6.45, 7) is 3.82. The van der Waals surface area contributed by atoms with Gasteiger partial charge < -0.3 is 0 Å². The first-order valence-electron chi connectivity index (χ1n) is 6.00. The summed E-state index contributed by atoms with van der Waals surface area (Å²) >= 11 is 7.25. The zero-order valence-corrected chi connectivity index (χ0v) is 12.4. The lowest BCUT2D eigenvalue weighted by atomic mass is 10.2. The van der Waals surface area contributed by atoms with Gasteiger partial charge in [-0.05, 0) is 43.7 Å². The van der Waals surface area contributed by atoms with Crippen LogP contribution < -0.4 is 11.2 Å². The molecular formula is C14H11ClN2O2S. The van der Waals surface area contributed by atoms with Crippen LogP contribution in [0.25, 0.3) is 15.9 Å². The van der Waals surface area contributed by atoms with Gasteiger partial charge in [-0.25, -0.2) is 9.36 Å². The molecule has 3 rings (SSSR count). The lowest BCUT2D eigenvalue weighted by molar-refractivity contribution is 0.903. The second-order valence-electron chi connectivity index (χ2n) is 4.53. The first kappa shape index (κ1) is 13.1. The average molecular weight is 307 g/mol. The summed E-state index contributed by atoms with van der Waals surface area (Å²) in [6, 6.07) is 6.61. The Labute approximate surface area is 123 Å². The summed E-state index contributed by atoms with van der Waals surface area (Å²) in [5, 5.41) is 1.13. The fraction of sp³-hybridized carbons (Fsp3) is 0.143. The van der Waals surface area contributed by atoms with Crippen LogP contribution in [0.3, 0.4) is 0 Å². The van der Waals surface area contributed by atoms with Crippen molar-refractivity contribution in [2.45, 2.75) is 13.8 Å². The second kappa shape index (κ2) is 4.61. The van der Waals surface area contributed by atoms with Gasteiger partial charge in [0.15, 0.2) is 0 Å². The first-order chi connectivity index (χ1) is 9.49. The van der Waals surface area contributed by atoms with Gasteiger partial charge in [-0.3, -0.25) is 9.78 Å². The van der Waals surface area contributed by atoms with E-state index in [1.54, 1.807) is 24.3 Å². The number of H-pyrrole nitrogens is 1. The third kappa shape index (κ3) is 1.90. The molecule has 1 aromatic carbocycles. The number of fused-ring (bicyclic) bond motifs is 1. The molecule has 0 aliphatic rings. The van der Waals surface area contributed by atoms with Gasteiger partial charge in [0.25, 0.3) is 5.56 Å². The molecule has 0 aliphatic carbocycles. The van der Waals surface area contributed by atoms with Crippen LogP contribution in [0.2, 0.25) is 5.02 Å². The largest absolute Gasteiger partial charge is 0.334 e. The SMILES string of the molecule is Cc1sc2[nH]c(=O)n(-c3ccc(Cl)cc3)c(=O)c2c1C. The van der Waals surface area contributed by atoms with Gasteiger partial charge in [0, 0.05) is 9.90 Å². The van der Waals surface area contributed by atoms with Crippen molar-refractivity contribution in [3.05, 3.63) is 60.6 Å². The van der Waals surface area contributed by atoms with E-state index >= 15 is 0 Å². The van der Waals surface area contributed by atoms with E-state index in [-0.39, 0.29) is 5.56 Å². The van der Waals surface area contributed by atoms with Gasteiger partial charge in [-0.1, -0.05) is 11.6 Å². The van der Waals surface area contributed by atoms with Gasteiger partial charge in [-0.15, -0.1) is 11.3 Å². The molecule has 0 saturated carbocycles. The molecule has 0 atom stereocenters. The molecule has 6 heteroatoms. The van der Waals surface area contributed by atoms with Gasteiger partial charge in [-0.2, -0.15) is 0 Å². The van der Waals surface area contributed by atoms with E-state index < -0.39 is 5.69 Å². The highest BCUT2D eigenvalue weighted by Crippen LogP contribution is 2.25. The number of aromatic amines is 1. The maximum atomic E-state index is 12.6. The molecule has 2 heterocycles. The predicted molar refractivity (Wildman–Crippen MR) is 82.5 cm³/mol. The number of hydrogen-bond acceptors (Lipinski definition) is 3. The monoisotopic (exact) mass is 306 g/mol. The summed E-state index contributed by atoms with van der Waals surface area (Å²) in [6.07, 6.45) is 0. The van der Waals surface area contributed by atoms with E-state index in [9.17, 15) is 9.59 Å². The van der Waals surface area contributed by atoms with Crippen LogP contribution in [-0.4, -0.2) is 9.55 Å². The van der Waals surface area contributed by atoms with Gasteiger partial charge >= 0.3 is 5.69 Å². The number of aromatic nitrogens is 2. The quantitative estimate of drug-likeness (QED) is 0.751. The van der Waals surface area contributed by atoms with Crippen molar-refractivity contribution >= 4 is 33.2 Å². The van der Waals surface area contributed by atoms with E-state index in [0.717, 1.165) is 15.0 Å². The fourth-order valence-corrected chi connectivity index (χ4v) is 3.32. The molecule has 0 amide bonds. The Kier molecular flexibility index (Phi) is 3.03. The Hall–Kier alpha value is -1.85. The standard InChI is InChI=1S/C14H11ClN2O2S/c1-7-8(2)20-12-11(7)13(18)17(14(19)16-12)10-5-3-9(15)4-6-10/h3-6H,1-2H3,(H,16,19). The van der Waals surface area contributed by atoms with Crippen LogP contribution in [0.4, 0.5) is 0 Å². The number of nitrogens with one attached hydrogen (secondary N) is 1. The Morgan fingerprint density at radius 1 is 1.15 bits per heavy atom. The van der Waals surface area contributed by atoms with Crippen molar-refractivity contribution in [3.8, 4) is 5.69 Å². The molecule has 4 nitrogen and oxygen atoms in total. The molecule has 2 aromatic heterocycles. The summed E-state index contributed by atoms with van der Waals surface area (Å²) in [7, 11) is 0. The Bertz CT molecular complexity index is 919. The van der Waals surface area contributed by atoms with Crippen LogP contribution in [0.5, 0.6) is 0 Å². The minimum Gasteiger partial charge on any atom is -0.298 e. The van der Waals surface area contributed by atoms with Crippen LogP contribution in [0, 0.1) is 13.8 Å². The molecule has 3 aromatic rings. The average Bonchev–Trinajstić information content (AvgIpc) is 2.67. The fourth-order valence-electron chi connectivity index (χ4n) is 2.15. The molecular weight excluding hydrogens is 296 g/mol. The number of halogens is 1. The van der Waals surface area contributed by atoms with Gasteiger partial charge in [0.2, 0.25) is 0 Å². The normalized spacial score (nSPS) is 11.2. The van der Waals surface area contributed by atoms with Crippen LogP contribution in [0.1, 0.15) is 10.4 Å². The van der Waals surface area contributed by atoms with E-state index in [1.165, 1.54) is 11.3 Å². The molecule has 0 fully saturated rings. The summed E-state index contributed by atoms with van der Waals surface area (Å²) in [5.41, 5.74) is 0.679. The highest BCUT2D eigenvalue weighted by molar-refractivity contribution is 7.18. The van der Waals surface area contributed by atoms with Crippen molar-refractivity contribution in [2.24, 2.45) is 0 Å².